The molecule has 4 rings (SSSR count). The van der Waals surface area contributed by atoms with Crippen LogP contribution in [0.1, 0.15) is 18.4 Å². The van der Waals surface area contributed by atoms with Crippen molar-refractivity contribution in [3.8, 4) is 0 Å². The zero-order valence-corrected chi connectivity index (χ0v) is 13.9. The van der Waals surface area contributed by atoms with Crippen LogP contribution in [-0.2, 0) is 11.3 Å². The molecule has 1 saturated carbocycles. The Balaban J connectivity index is 1.47. The number of amides is 1. The number of rotatable bonds is 5. The first-order chi connectivity index (χ1) is 12.2. The Morgan fingerprint density at radius 3 is 2.92 bits per heavy atom. The van der Waals surface area contributed by atoms with Gasteiger partial charge in [0.25, 0.3) is 0 Å². The van der Waals surface area contributed by atoms with Crippen molar-refractivity contribution in [2.75, 3.05) is 11.1 Å². The maximum Gasteiger partial charge on any atom is 0.248 e. The number of nitrogen functional groups attached to an aromatic ring is 1. The smallest absolute Gasteiger partial charge is 0.248 e. The van der Waals surface area contributed by atoms with E-state index >= 15 is 0 Å². The molecule has 1 heterocycles. The fourth-order valence-electron chi connectivity index (χ4n) is 2.86. The van der Waals surface area contributed by atoms with E-state index in [0.717, 1.165) is 28.9 Å². The van der Waals surface area contributed by atoms with Gasteiger partial charge in [-0.3, -0.25) is 9.48 Å². The Labute approximate surface area is 146 Å². The Kier molecular flexibility index (Phi) is 3.98. The maximum absolute atomic E-state index is 12.1. The number of hydrogen-bond donors (Lipinski definition) is 2. The fourth-order valence-corrected chi connectivity index (χ4v) is 2.86. The number of aromatic nitrogens is 2. The third-order valence-corrected chi connectivity index (χ3v) is 4.44. The summed E-state index contributed by atoms with van der Waals surface area (Å²) in [6, 6.07) is 13.3. The van der Waals surface area contributed by atoms with Crippen molar-refractivity contribution < 1.29 is 4.79 Å². The van der Waals surface area contributed by atoms with Crippen molar-refractivity contribution in [2.24, 2.45) is 5.92 Å². The highest BCUT2D eigenvalue weighted by molar-refractivity contribution is 6.03. The maximum atomic E-state index is 12.1. The van der Waals surface area contributed by atoms with Gasteiger partial charge in [-0.25, -0.2) is 0 Å². The van der Waals surface area contributed by atoms with E-state index in [-0.39, 0.29) is 5.91 Å². The van der Waals surface area contributed by atoms with Gasteiger partial charge >= 0.3 is 0 Å². The van der Waals surface area contributed by atoms with Gasteiger partial charge < -0.3 is 11.1 Å². The summed E-state index contributed by atoms with van der Waals surface area (Å²) < 4.78 is 2.07. The van der Waals surface area contributed by atoms with Crippen LogP contribution in [0.25, 0.3) is 17.0 Å². The molecule has 2 aromatic carbocycles. The Hall–Kier alpha value is -3.08. The van der Waals surface area contributed by atoms with E-state index in [1.807, 2.05) is 30.5 Å². The number of hydrogen-bond acceptors (Lipinski definition) is 3. The lowest BCUT2D eigenvalue weighted by Crippen LogP contribution is -2.09. The average Bonchev–Trinajstić information content (AvgIpc) is 3.34. The summed E-state index contributed by atoms with van der Waals surface area (Å²) in [6.07, 6.45) is 7.82. The monoisotopic (exact) mass is 332 g/mol. The molecular formula is C20H20N4O. The van der Waals surface area contributed by atoms with Crippen molar-refractivity contribution in [3.63, 3.8) is 0 Å². The Morgan fingerprint density at radius 2 is 2.12 bits per heavy atom. The van der Waals surface area contributed by atoms with Crippen molar-refractivity contribution in [1.82, 2.24) is 9.78 Å². The van der Waals surface area contributed by atoms with Gasteiger partial charge in [-0.15, -0.1) is 0 Å². The van der Waals surface area contributed by atoms with Gasteiger partial charge in [-0.2, -0.15) is 5.10 Å². The number of nitrogens with two attached hydrogens (primary N) is 1. The highest BCUT2D eigenvalue weighted by Crippen LogP contribution is 2.31. The van der Waals surface area contributed by atoms with Crippen molar-refractivity contribution in [3.05, 3.63) is 60.3 Å². The molecule has 0 aliphatic heterocycles. The first kappa shape index (κ1) is 15.4. The third-order valence-electron chi connectivity index (χ3n) is 4.44. The van der Waals surface area contributed by atoms with E-state index in [4.69, 9.17) is 5.73 Å². The lowest BCUT2D eigenvalue weighted by Gasteiger charge is -2.05. The molecule has 5 nitrogen and oxygen atoms in total. The van der Waals surface area contributed by atoms with Gasteiger partial charge in [0.05, 0.1) is 23.1 Å². The van der Waals surface area contributed by atoms with Gasteiger partial charge in [-0.1, -0.05) is 18.2 Å². The van der Waals surface area contributed by atoms with Crippen LogP contribution in [0.5, 0.6) is 0 Å². The topological polar surface area (TPSA) is 72.9 Å². The van der Waals surface area contributed by atoms with E-state index in [2.05, 4.69) is 21.2 Å². The molecule has 1 aliphatic rings. The second kappa shape index (κ2) is 6.43. The summed E-state index contributed by atoms with van der Waals surface area (Å²) in [5.74, 6) is 0.583. The molecule has 0 unspecified atom stereocenters. The van der Waals surface area contributed by atoms with E-state index in [0.29, 0.717) is 11.4 Å². The van der Waals surface area contributed by atoms with Gasteiger partial charge in [-0.05, 0) is 54.7 Å². The Bertz CT molecular complexity index is 953. The highest BCUT2D eigenvalue weighted by atomic mass is 16.1. The van der Waals surface area contributed by atoms with E-state index < -0.39 is 0 Å². The summed E-state index contributed by atoms with van der Waals surface area (Å²) in [6.45, 7) is 1.000. The quantitative estimate of drug-likeness (QED) is 0.553. The number of anilines is 2. The number of carbonyl (C=O) groups is 1. The molecule has 0 radical (unpaired) electrons. The number of benzene rings is 2. The number of nitrogens with one attached hydrogen (secondary N) is 1. The molecule has 25 heavy (non-hydrogen) atoms. The largest absolute Gasteiger partial charge is 0.397 e. The number of carbonyl (C=O) groups excluding carboxylic acids is 1. The average molecular weight is 332 g/mol. The van der Waals surface area contributed by atoms with Crippen LogP contribution in [0.2, 0.25) is 0 Å². The van der Waals surface area contributed by atoms with Gasteiger partial charge in [0.1, 0.15) is 0 Å². The van der Waals surface area contributed by atoms with Gasteiger partial charge in [0, 0.05) is 18.0 Å². The van der Waals surface area contributed by atoms with E-state index in [9.17, 15) is 4.79 Å². The van der Waals surface area contributed by atoms with Gasteiger partial charge in [0.15, 0.2) is 0 Å². The Morgan fingerprint density at radius 1 is 1.28 bits per heavy atom. The molecule has 0 bridgehead atoms. The second-order valence-corrected chi connectivity index (χ2v) is 6.50. The number of nitrogens with zero attached hydrogens (tertiary/aromatic N) is 2. The minimum absolute atomic E-state index is 0.206. The zero-order valence-electron chi connectivity index (χ0n) is 13.9. The minimum Gasteiger partial charge on any atom is -0.397 e. The third kappa shape index (κ3) is 3.55. The molecule has 0 saturated heterocycles. The molecule has 1 fully saturated rings. The summed E-state index contributed by atoms with van der Waals surface area (Å²) in [4.78, 5) is 12.1. The van der Waals surface area contributed by atoms with Crippen LogP contribution in [-0.4, -0.2) is 15.7 Å². The fraction of sp³-hybridized carbons (Fsp3) is 0.200. The van der Waals surface area contributed by atoms with E-state index in [1.165, 1.54) is 18.9 Å². The van der Waals surface area contributed by atoms with E-state index in [1.54, 1.807) is 18.2 Å². The molecule has 0 atom stereocenters. The molecule has 3 aromatic rings. The summed E-state index contributed by atoms with van der Waals surface area (Å²) in [5, 5.41) is 8.35. The predicted molar refractivity (Wildman–Crippen MR) is 101 cm³/mol. The molecule has 1 aromatic heterocycles. The lowest BCUT2D eigenvalue weighted by atomic mass is 10.1. The van der Waals surface area contributed by atoms with Crippen molar-refractivity contribution in [2.45, 2.75) is 19.4 Å². The molecule has 5 heteroatoms. The molecule has 1 amide bonds. The SMILES string of the molecule is Nc1ccccc1NC(=O)/C=C/c1ccc2c(cnn2CC2CC2)c1. The van der Waals surface area contributed by atoms with Crippen LogP contribution in [0.15, 0.2) is 54.7 Å². The zero-order chi connectivity index (χ0) is 17.2. The molecule has 1 aliphatic carbocycles. The van der Waals surface area contributed by atoms with Crippen LogP contribution in [0.4, 0.5) is 11.4 Å². The summed E-state index contributed by atoms with van der Waals surface area (Å²) >= 11 is 0. The van der Waals surface area contributed by atoms with Crippen molar-refractivity contribution >= 4 is 34.3 Å². The van der Waals surface area contributed by atoms with Gasteiger partial charge in [0.2, 0.25) is 5.91 Å². The van der Waals surface area contributed by atoms with Crippen LogP contribution < -0.4 is 11.1 Å². The summed E-state index contributed by atoms with van der Waals surface area (Å²) in [5.41, 5.74) is 9.11. The minimum atomic E-state index is -0.206. The van der Waals surface area contributed by atoms with Crippen LogP contribution in [0, 0.1) is 5.92 Å². The normalized spacial score (nSPS) is 14.2. The van der Waals surface area contributed by atoms with Crippen LogP contribution in [0.3, 0.4) is 0 Å². The second-order valence-electron chi connectivity index (χ2n) is 6.50. The first-order valence-electron chi connectivity index (χ1n) is 8.48. The standard InChI is InChI=1S/C20H20N4O/c21-17-3-1-2-4-18(17)23-20(25)10-8-14-7-9-19-16(11-14)12-22-24(19)13-15-5-6-15/h1-4,7-12,15H,5-6,13,21H2,(H,23,25)/b10-8+. The molecule has 3 N–H and O–H groups in total. The number of para-hydroxylation sites is 2. The molecular weight excluding hydrogens is 312 g/mol. The lowest BCUT2D eigenvalue weighted by molar-refractivity contribution is -0.111. The summed E-state index contributed by atoms with van der Waals surface area (Å²) in [7, 11) is 0. The van der Waals surface area contributed by atoms with Crippen molar-refractivity contribution in [1.29, 1.82) is 0 Å². The van der Waals surface area contributed by atoms with Crippen LogP contribution >= 0.6 is 0 Å². The molecule has 126 valence electrons. The first-order valence-corrected chi connectivity index (χ1v) is 8.48. The predicted octanol–water partition coefficient (Wildman–Crippen LogP) is 3.68. The number of fused-ring (bicyclic) bond motifs is 1. The highest BCUT2D eigenvalue weighted by Gasteiger charge is 2.22. The molecule has 0 spiro atoms.